The maximum absolute atomic E-state index is 6.21. The summed E-state index contributed by atoms with van der Waals surface area (Å²) in [5.41, 5.74) is 22.6. The number of alkyl halides is 8. The summed E-state index contributed by atoms with van der Waals surface area (Å²) in [6.07, 6.45) is 4.18. The molecule has 8 N–H and O–H groups in total. The van der Waals surface area contributed by atoms with Crippen molar-refractivity contribution in [2.24, 2.45) is 22.9 Å². The Morgan fingerprint density at radius 2 is 0.920 bits per heavy atom. The van der Waals surface area contributed by atoms with Crippen LogP contribution in [0.25, 0.3) is 0 Å². The SMILES string of the molecule is NC1(N)CC(Br)(Br)C(OC2=CC(Br)(Br)C(N)(N)CC2(Br)Br)=CC1(Br)Br. The van der Waals surface area contributed by atoms with Gasteiger partial charge >= 0.3 is 0 Å². The molecule has 2 rings (SSSR count). The van der Waals surface area contributed by atoms with Crippen molar-refractivity contribution >= 4 is 127 Å². The maximum atomic E-state index is 6.21. The topological polar surface area (TPSA) is 113 Å². The maximum Gasteiger partial charge on any atom is 0.141 e. The molecule has 0 saturated heterocycles. The van der Waals surface area contributed by atoms with Gasteiger partial charge in [-0.05, 0) is 12.2 Å². The van der Waals surface area contributed by atoms with E-state index in [0.29, 0.717) is 24.4 Å². The average Bonchev–Trinajstić information content (AvgIpc) is 2.30. The quantitative estimate of drug-likeness (QED) is 0.237. The summed E-state index contributed by atoms with van der Waals surface area (Å²) >= 11 is 28.4. The summed E-state index contributed by atoms with van der Waals surface area (Å²) in [7, 11) is 0. The van der Waals surface area contributed by atoms with Gasteiger partial charge < -0.3 is 27.7 Å². The predicted octanol–water partition coefficient (Wildman–Crippen LogP) is 4.75. The molecule has 13 heteroatoms. The minimum absolute atomic E-state index is 0.332. The van der Waals surface area contributed by atoms with Crippen LogP contribution in [0.1, 0.15) is 12.8 Å². The monoisotopic (exact) mass is 861 g/mol. The molecule has 144 valence electrons. The van der Waals surface area contributed by atoms with Crippen LogP contribution in [0.2, 0.25) is 0 Å². The number of nitrogens with two attached hydrogens (primary N) is 4. The van der Waals surface area contributed by atoms with Gasteiger partial charge in [-0.3, -0.25) is 0 Å². The number of rotatable bonds is 2. The fourth-order valence-electron chi connectivity index (χ4n) is 2.28. The molecule has 25 heavy (non-hydrogen) atoms. The van der Waals surface area contributed by atoms with Gasteiger partial charge in [-0.15, -0.1) is 0 Å². The first-order chi connectivity index (χ1) is 10.8. The molecule has 2 aliphatic carbocycles. The molecule has 0 aliphatic heterocycles. The molecule has 0 aromatic carbocycles. The van der Waals surface area contributed by atoms with Gasteiger partial charge in [-0.25, -0.2) is 0 Å². The number of hydrogen-bond acceptors (Lipinski definition) is 5. The van der Waals surface area contributed by atoms with E-state index in [4.69, 9.17) is 27.7 Å². The second kappa shape index (κ2) is 7.28. The molecule has 0 aromatic rings. The van der Waals surface area contributed by atoms with Gasteiger partial charge in [-0.1, -0.05) is 127 Å². The Bertz CT molecular complexity index is 587. The van der Waals surface area contributed by atoms with Crippen LogP contribution in [0.5, 0.6) is 0 Å². The summed E-state index contributed by atoms with van der Waals surface area (Å²) in [5, 5.41) is 0. The van der Waals surface area contributed by atoms with Crippen LogP contribution in [0.3, 0.4) is 0 Å². The van der Waals surface area contributed by atoms with Gasteiger partial charge in [-0.2, -0.15) is 0 Å². The first-order valence-electron chi connectivity index (χ1n) is 6.64. The van der Waals surface area contributed by atoms with E-state index in [1.807, 2.05) is 0 Å². The fraction of sp³-hybridized carbons (Fsp3) is 0.667. The highest BCUT2D eigenvalue weighted by Crippen LogP contribution is 2.57. The lowest BCUT2D eigenvalue weighted by Crippen LogP contribution is -2.66. The molecule has 0 spiro atoms. The Hall–Kier alpha value is 2.96. The fourth-order valence-corrected chi connectivity index (χ4v) is 6.31. The summed E-state index contributed by atoms with van der Waals surface area (Å²) in [5.74, 6) is 1.11. The molecule has 0 heterocycles. The van der Waals surface area contributed by atoms with Crippen LogP contribution >= 0.6 is 127 Å². The zero-order valence-electron chi connectivity index (χ0n) is 12.3. The molecule has 0 fully saturated rings. The Balaban J connectivity index is 2.47. The van der Waals surface area contributed by atoms with E-state index in [1.165, 1.54) is 0 Å². The second-order valence-corrected chi connectivity index (χ2v) is 20.9. The van der Waals surface area contributed by atoms with Crippen molar-refractivity contribution in [2.45, 2.75) is 37.1 Å². The van der Waals surface area contributed by atoms with Crippen molar-refractivity contribution in [3.63, 3.8) is 0 Å². The van der Waals surface area contributed by atoms with Crippen LogP contribution in [0, 0.1) is 0 Å². The molecule has 0 unspecified atom stereocenters. The summed E-state index contributed by atoms with van der Waals surface area (Å²) in [6.45, 7) is 0. The van der Waals surface area contributed by atoms with Gasteiger partial charge in [0.05, 0.1) is 11.3 Å². The zero-order valence-corrected chi connectivity index (χ0v) is 25.0. The van der Waals surface area contributed by atoms with Crippen LogP contribution in [0.15, 0.2) is 23.7 Å². The summed E-state index contributed by atoms with van der Waals surface area (Å²) < 4.78 is 2.99. The third-order valence-electron chi connectivity index (χ3n) is 3.84. The summed E-state index contributed by atoms with van der Waals surface area (Å²) in [4.78, 5) is 0. The molecular weight excluding hydrogens is 855 g/mol. The van der Waals surface area contributed by atoms with E-state index in [0.717, 1.165) is 0 Å². The smallest absolute Gasteiger partial charge is 0.141 e. The van der Waals surface area contributed by atoms with Crippen LogP contribution in [-0.2, 0) is 4.74 Å². The lowest BCUT2D eigenvalue weighted by molar-refractivity contribution is 0.224. The highest BCUT2D eigenvalue weighted by Gasteiger charge is 2.56. The molecular formula is C12H14Br8N4O. The molecule has 0 bridgehead atoms. The van der Waals surface area contributed by atoms with Crippen molar-refractivity contribution in [2.75, 3.05) is 0 Å². The van der Waals surface area contributed by atoms with E-state index in [2.05, 4.69) is 127 Å². The third kappa shape index (κ3) is 4.83. The first kappa shape index (κ1) is 24.2. The molecule has 0 aromatic heterocycles. The predicted molar refractivity (Wildman–Crippen MR) is 131 cm³/mol. The van der Waals surface area contributed by atoms with Crippen molar-refractivity contribution in [3.05, 3.63) is 23.7 Å². The lowest BCUT2D eigenvalue weighted by atomic mass is 9.93. The Morgan fingerprint density at radius 1 is 0.640 bits per heavy atom. The van der Waals surface area contributed by atoms with Crippen molar-refractivity contribution in [3.8, 4) is 0 Å². The third-order valence-corrected chi connectivity index (χ3v) is 10.4. The van der Waals surface area contributed by atoms with Gasteiger partial charge in [0, 0.05) is 12.8 Å². The number of halogens is 8. The van der Waals surface area contributed by atoms with Crippen LogP contribution in [-0.4, -0.2) is 24.3 Å². The standard InChI is InChI=1S/C12H14Br8N4O/c13-7(14)3-11(21,22)9(17,18)1-5(7)25-6-2-10(19,20)12(23,24)4-8(6,15)16/h1-2H,3-4,21-24H2. The van der Waals surface area contributed by atoms with Crippen molar-refractivity contribution in [1.29, 1.82) is 0 Å². The van der Waals surface area contributed by atoms with E-state index in [9.17, 15) is 0 Å². The van der Waals surface area contributed by atoms with Crippen LogP contribution < -0.4 is 22.9 Å². The highest BCUT2D eigenvalue weighted by atomic mass is 79.9. The summed E-state index contributed by atoms with van der Waals surface area (Å²) in [6, 6.07) is 0. The van der Waals surface area contributed by atoms with Gasteiger partial charge in [0.1, 0.15) is 24.5 Å². The Kier molecular flexibility index (Phi) is 7.06. The normalized spacial score (nSPS) is 30.9. The average molecular weight is 870 g/mol. The number of ether oxygens (including phenoxy) is 1. The zero-order chi connectivity index (χ0) is 19.7. The minimum atomic E-state index is -1.08. The molecule has 2 aliphatic rings. The number of allylic oxidation sites excluding steroid dienone is 2. The minimum Gasteiger partial charge on any atom is -0.462 e. The molecule has 0 radical (unpaired) electrons. The first-order valence-corrected chi connectivity index (χ1v) is 13.0. The largest absolute Gasteiger partial charge is 0.462 e. The molecule has 0 saturated carbocycles. The van der Waals surface area contributed by atoms with Crippen LogP contribution in [0.4, 0.5) is 0 Å². The van der Waals surface area contributed by atoms with Gasteiger partial charge in [0.15, 0.2) is 0 Å². The van der Waals surface area contributed by atoms with Gasteiger partial charge in [0.25, 0.3) is 0 Å². The van der Waals surface area contributed by atoms with E-state index < -0.39 is 24.3 Å². The van der Waals surface area contributed by atoms with E-state index in [-0.39, 0.29) is 0 Å². The molecule has 0 atom stereocenters. The Morgan fingerprint density at radius 3 is 1.20 bits per heavy atom. The van der Waals surface area contributed by atoms with Crippen molar-refractivity contribution < 1.29 is 4.74 Å². The van der Waals surface area contributed by atoms with Crippen molar-refractivity contribution in [1.82, 2.24) is 0 Å². The second-order valence-electron chi connectivity index (χ2n) is 6.21. The highest BCUT2D eigenvalue weighted by molar-refractivity contribution is 9.26. The number of hydrogen-bond donors (Lipinski definition) is 4. The Labute approximate surface area is 213 Å². The molecule has 5 nitrogen and oxygen atoms in total. The van der Waals surface area contributed by atoms with Gasteiger partial charge in [0.2, 0.25) is 0 Å². The lowest BCUT2D eigenvalue weighted by Gasteiger charge is -2.47. The van der Waals surface area contributed by atoms with E-state index in [1.54, 1.807) is 12.2 Å². The molecule has 0 amide bonds. The van der Waals surface area contributed by atoms with E-state index >= 15 is 0 Å².